The van der Waals surface area contributed by atoms with E-state index in [9.17, 15) is 9.18 Å². The molecule has 0 fully saturated rings. The molecule has 1 aliphatic heterocycles. The molecule has 7 heteroatoms. The fraction of sp³-hybridized carbons (Fsp3) is 0.261. The molecule has 154 valence electrons. The Morgan fingerprint density at radius 2 is 1.93 bits per heavy atom. The normalized spacial score (nSPS) is 13.8. The third-order valence-electron chi connectivity index (χ3n) is 5.12. The van der Waals surface area contributed by atoms with Crippen molar-refractivity contribution >= 4 is 5.91 Å². The Balaban J connectivity index is 1.74. The zero-order chi connectivity index (χ0) is 21.1. The van der Waals surface area contributed by atoms with Crippen LogP contribution in [0.4, 0.5) is 4.39 Å². The summed E-state index contributed by atoms with van der Waals surface area (Å²) in [6.07, 6.45) is 6.90. The minimum atomic E-state index is -0.317. The van der Waals surface area contributed by atoms with E-state index in [0.717, 1.165) is 16.8 Å². The number of nitrogens with zero attached hydrogens (tertiary/aromatic N) is 5. The molecule has 0 radical (unpaired) electrons. The number of aromatic nitrogens is 3. The lowest BCUT2D eigenvalue weighted by Gasteiger charge is -2.27. The molecule has 1 aromatic carbocycles. The van der Waals surface area contributed by atoms with E-state index in [0.29, 0.717) is 37.4 Å². The minimum absolute atomic E-state index is 0.0302. The fourth-order valence-electron chi connectivity index (χ4n) is 3.64. The van der Waals surface area contributed by atoms with Crippen LogP contribution in [-0.2, 0) is 17.9 Å². The van der Waals surface area contributed by atoms with Crippen LogP contribution >= 0.6 is 0 Å². The Labute approximate surface area is 175 Å². The first-order valence-corrected chi connectivity index (χ1v) is 9.89. The first-order chi connectivity index (χ1) is 14.5. The molecular weight excluding hydrogens is 381 g/mol. The third kappa shape index (κ3) is 4.02. The van der Waals surface area contributed by atoms with Crippen LogP contribution in [0.15, 0.2) is 60.9 Å². The largest absolute Gasteiger partial charge is 0.331 e. The summed E-state index contributed by atoms with van der Waals surface area (Å²) >= 11 is 0. The van der Waals surface area contributed by atoms with Crippen molar-refractivity contribution in [1.82, 2.24) is 24.6 Å². The average Bonchev–Trinajstić information content (AvgIpc) is 3.12. The fourth-order valence-corrected chi connectivity index (χ4v) is 3.64. The average molecular weight is 405 g/mol. The molecule has 1 amide bonds. The van der Waals surface area contributed by atoms with Crippen molar-refractivity contribution in [3.63, 3.8) is 0 Å². The quantitative estimate of drug-likeness (QED) is 0.612. The monoisotopic (exact) mass is 405 g/mol. The summed E-state index contributed by atoms with van der Waals surface area (Å²) in [4.78, 5) is 20.6. The summed E-state index contributed by atoms with van der Waals surface area (Å²) in [5.41, 5.74) is 3.70. The van der Waals surface area contributed by atoms with Gasteiger partial charge in [0.2, 0.25) is 5.91 Å². The zero-order valence-electron chi connectivity index (χ0n) is 17.1. The highest BCUT2D eigenvalue weighted by Crippen LogP contribution is 2.37. The molecule has 2 aromatic heterocycles. The first-order valence-electron chi connectivity index (χ1n) is 9.89. The van der Waals surface area contributed by atoms with Gasteiger partial charge in [0, 0.05) is 42.7 Å². The summed E-state index contributed by atoms with van der Waals surface area (Å²) in [6, 6.07) is 10.4. The number of pyridine rings is 1. The number of amides is 1. The Hall–Kier alpha value is -3.32. The highest BCUT2D eigenvalue weighted by atomic mass is 19.1. The number of carbonyl (C=O) groups excluding carboxylic acids is 1. The van der Waals surface area contributed by atoms with E-state index in [1.165, 1.54) is 6.07 Å². The summed E-state index contributed by atoms with van der Waals surface area (Å²) in [6.45, 7) is 2.25. The number of hydrogen-bond donors (Lipinski definition) is 0. The van der Waals surface area contributed by atoms with Crippen LogP contribution < -0.4 is 0 Å². The Morgan fingerprint density at radius 3 is 2.67 bits per heavy atom. The van der Waals surface area contributed by atoms with E-state index < -0.39 is 0 Å². The molecule has 4 rings (SSSR count). The van der Waals surface area contributed by atoms with Gasteiger partial charge in [-0.15, -0.1) is 0 Å². The molecule has 0 saturated heterocycles. The summed E-state index contributed by atoms with van der Waals surface area (Å²) in [5.74, 6) is -0.347. The molecule has 0 saturated carbocycles. The van der Waals surface area contributed by atoms with Crippen LogP contribution in [0.3, 0.4) is 0 Å². The van der Waals surface area contributed by atoms with Crippen molar-refractivity contribution in [3.05, 3.63) is 72.5 Å². The van der Waals surface area contributed by atoms with Crippen LogP contribution in [0.1, 0.15) is 5.69 Å². The molecule has 3 aromatic rings. The van der Waals surface area contributed by atoms with E-state index in [-0.39, 0.29) is 11.7 Å². The Morgan fingerprint density at radius 1 is 1.17 bits per heavy atom. The van der Waals surface area contributed by atoms with E-state index in [1.54, 1.807) is 41.6 Å². The maximum atomic E-state index is 14.6. The molecule has 0 unspecified atom stereocenters. The van der Waals surface area contributed by atoms with Crippen molar-refractivity contribution in [2.75, 3.05) is 27.2 Å². The Bertz CT molecular complexity index is 1070. The van der Waals surface area contributed by atoms with Gasteiger partial charge in [-0.25, -0.2) is 4.39 Å². The van der Waals surface area contributed by atoms with E-state index in [4.69, 9.17) is 5.10 Å². The number of halogens is 1. The molecule has 0 spiro atoms. The highest BCUT2D eigenvalue weighted by molar-refractivity contribution is 5.88. The van der Waals surface area contributed by atoms with Gasteiger partial charge in [0.25, 0.3) is 0 Å². The van der Waals surface area contributed by atoms with Crippen molar-refractivity contribution < 1.29 is 9.18 Å². The summed E-state index contributed by atoms with van der Waals surface area (Å²) in [5, 5.41) is 4.73. The topological polar surface area (TPSA) is 54.3 Å². The van der Waals surface area contributed by atoms with Gasteiger partial charge in [0.05, 0.1) is 18.8 Å². The SMILES string of the molecule is CN(C)C/C=C/C(=O)N1CCn2nc(-c3ccccc3F)c(-c3ccncc3)c2C1. The number of carbonyl (C=O) groups is 1. The lowest BCUT2D eigenvalue weighted by Crippen LogP contribution is -2.37. The number of hydrogen-bond acceptors (Lipinski definition) is 4. The molecule has 0 bridgehead atoms. The van der Waals surface area contributed by atoms with Gasteiger partial charge < -0.3 is 9.80 Å². The molecule has 1 aliphatic rings. The van der Waals surface area contributed by atoms with Gasteiger partial charge in [-0.3, -0.25) is 14.5 Å². The number of rotatable bonds is 5. The van der Waals surface area contributed by atoms with Crippen molar-refractivity contribution in [2.45, 2.75) is 13.1 Å². The molecule has 3 heterocycles. The van der Waals surface area contributed by atoms with Crippen molar-refractivity contribution in [1.29, 1.82) is 0 Å². The van der Waals surface area contributed by atoms with Gasteiger partial charge in [0.1, 0.15) is 11.5 Å². The molecule has 30 heavy (non-hydrogen) atoms. The predicted molar refractivity (Wildman–Crippen MR) is 114 cm³/mol. The van der Waals surface area contributed by atoms with Crippen molar-refractivity contribution in [3.8, 4) is 22.4 Å². The predicted octanol–water partition coefficient (Wildman–Crippen LogP) is 3.21. The van der Waals surface area contributed by atoms with Crippen LogP contribution in [0.25, 0.3) is 22.4 Å². The summed E-state index contributed by atoms with van der Waals surface area (Å²) in [7, 11) is 3.92. The van der Waals surface area contributed by atoms with Crippen LogP contribution in [0.2, 0.25) is 0 Å². The third-order valence-corrected chi connectivity index (χ3v) is 5.12. The highest BCUT2D eigenvalue weighted by Gasteiger charge is 2.28. The van der Waals surface area contributed by atoms with Crippen LogP contribution in [0, 0.1) is 5.82 Å². The number of fused-ring (bicyclic) bond motifs is 1. The van der Waals surface area contributed by atoms with Gasteiger partial charge in [-0.05, 0) is 43.9 Å². The number of benzene rings is 1. The van der Waals surface area contributed by atoms with Gasteiger partial charge in [-0.2, -0.15) is 5.10 Å². The van der Waals surface area contributed by atoms with Crippen LogP contribution in [-0.4, -0.2) is 57.7 Å². The molecular formula is C23H24FN5O. The smallest absolute Gasteiger partial charge is 0.246 e. The summed E-state index contributed by atoms with van der Waals surface area (Å²) < 4.78 is 16.5. The van der Waals surface area contributed by atoms with Gasteiger partial charge >= 0.3 is 0 Å². The number of likely N-dealkylation sites (N-methyl/N-ethyl adjacent to an activating group) is 1. The second-order valence-electron chi connectivity index (χ2n) is 7.53. The molecule has 6 nitrogen and oxygen atoms in total. The lowest BCUT2D eigenvalue weighted by molar-refractivity contribution is -0.127. The molecule has 0 aliphatic carbocycles. The first kappa shape index (κ1) is 20.0. The van der Waals surface area contributed by atoms with Crippen LogP contribution in [0.5, 0.6) is 0 Å². The van der Waals surface area contributed by atoms with Crippen molar-refractivity contribution in [2.24, 2.45) is 0 Å². The second kappa shape index (κ2) is 8.59. The van der Waals surface area contributed by atoms with E-state index >= 15 is 0 Å². The zero-order valence-corrected chi connectivity index (χ0v) is 17.1. The maximum Gasteiger partial charge on any atom is 0.246 e. The van der Waals surface area contributed by atoms with Gasteiger partial charge in [-0.1, -0.05) is 18.2 Å². The second-order valence-corrected chi connectivity index (χ2v) is 7.53. The Kier molecular flexibility index (Phi) is 5.72. The lowest BCUT2D eigenvalue weighted by atomic mass is 9.98. The minimum Gasteiger partial charge on any atom is -0.331 e. The molecule has 0 N–H and O–H groups in total. The van der Waals surface area contributed by atoms with E-state index in [2.05, 4.69) is 4.98 Å². The maximum absolute atomic E-state index is 14.6. The molecule has 0 atom stereocenters. The van der Waals surface area contributed by atoms with E-state index in [1.807, 2.05) is 41.9 Å². The standard InChI is InChI=1S/C23H24FN5O/c1-27(2)13-5-8-21(30)28-14-15-29-20(16-28)22(17-9-11-25-12-10-17)23(26-29)18-6-3-4-7-19(18)24/h3-12H,13-16H2,1-2H3/b8-5+. The van der Waals surface area contributed by atoms with Gasteiger partial charge in [0.15, 0.2) is 0 Å².